The van der Waals surface area contributed by atoms with Crippen LogP contribution in [0.2, 0.25) is 0 Å². The van der Waals surface area contributed by atoms with Gasteiger partial charge < -0.3 is 15.5 Å². The van der Waals surface area contributed by atoms with Crippen LogP contribution < -0.4 is 16.6 Å². The molecule has 0 saturated carbocycles. The maximum Gasteiger partial charge on any atom is 0.255 e. The number of carbonyl (C=O) groups is 1. The first-order chi connectivity index (χ1) is 8.39. The van der Waals surface area contributed by atoms with Gasteiger partial charge in [0.2, 0.25) is 0 Å². The highest BCUT2D eigenvalue weighted by Gasteiger charge is 2.19. The highest BCUT2D eigenvalue weighted by atomic mass is 16.5. The highest BCUT2D eigenvalue weighted by molar-refractivity contribution is 5.99. The van der Waals surface area contributed by atoms with E-state index in [0.29, 0.717) is 17.8 Å². The second-order valence-electron chi connectivity index (χ2n) is 4.66. The highest BCUT2D eigenvalue weighted by Crippen LogP contribution is 2.14. The number of nitrogen functional groups attached to an aromatic ring is 1. The smallest absolute Gasteiger partial charge is 0.255 e. The number of aromatic nitrogens is 1. The average molecular weight is 252 g/mol. The lowest BCUT2D eigenvalue weighted by Gasteiger charge is -2.23. The van der Waals surface area contributed by atoms with Crippen molar-refractivity contribution in [2.24, 2.45) is 5.84 Å². The van der Waals surface area contributed by atoms with Gasteiger partial charge in [-0.05, 0) is 26.8 Å². The van der Waals surface area contributed by atoms with E-state index in [1.165, 1.54) is 6.20 Å². The topological polar surface area (TPSA) is 89.3 Å². The maximum absolute atomic E-state index is 12.0. The Bertz CT molecular complexity index is 432. The Labute approximate surface area is 107 Å². The van der Waals surface area contributed by atoms with Crippen LogP contribution in [0, 0.1) is 6.92 Å². The molecule has 6 nitrogen and oxygen atoms in total. The number of rotatable bonds is 5. The van der Waals surface area contributed by atoms with Crippen molar-refractivity contribution in [1.29, 1.82) is 0 Å². The third-order valence-electron chi connectivity index (χ3n) is 2.67. The molecule has 1 aromatic rings. The molecule has 0 radical (unpaired) electrons. The molecule has 0 aromatic carbocycles. The molecule has 0 aliphatic heterocycles. The number of hydrogen-bond donors (Lipinski definition) is 3. The molecule has 0 spiro atoms. The van der Waals surface area contributed by atoms with Crippen molar-refractivity contribution in [3.8, 4) is 0 Å². The van der Waals surface area contributed by atoms with Gasteiger partial charge in [-0.1, -0.05) is 0 Å². The minimum Gasteiger partial charge on any atom is -0.377 e. The first kappa shape index (κ1) is 14.4. The maximum atomic E-state index is 12.0. The van der Waals surface area contributed by atoms with E-state index in [0.717, 1.165) is 5.69 Å². The van der Waals surface area contributed by atoms with Crippen LogP contribution in [-0.4, -0.2) is 30.1 Å². The number of anilines is 1. The van der Waals surface area contributed by atoms with Gasteiger partial charge in [0, 0.05) is 25.5 Å². The van der Waals surface area contributed by atoms with E-state index in [4.69, 9.17) is 10.6 Å². The zero-order valence-electron chi connectivity index (χ0n) is 11.2. The van der Waals surface area contributed by atoms with Crippen molar-refractivity contribution in [3.63, 3.8) is 0 Å². The van der Waals surface area contributed by atoms with Crippen LogP contribution >= 0.6 is 0 Å². The number of hydrazine groups is 1. The molecule has 0 aliphatic carbocycles. The van der Waals surface area contributed by atoms with Crippen molar-refractivity contribution in [2.75, 3.05) is 19.1 Å². The van der Waals surface area contributed by atoms with E-state index < -0.39 is 5.60 Å². The van der Waals surface area contributed by atoms with Crippen molar-refractivity contribution in [3.05, 3.63) is 23.5 Å². The van der Waals surface area contributed by atoms with Gasteiger partial charge in [-0.25, -0.2) is 0 Å². The molecule has 0 unspecified atom stereocenters. The number of ether oxygens (including phenoxy) is 1. The number of hydrogen-bond acceptors (Lipinski definition) is 5. The van der Waals surface area contributed by atoms with E-state index in [1.54, 1.807) is 13.2 Å². The summed E-state index contributed by atoms with van der Waals surface area (Å²) in [5.74, 6) is 5.15. The lowest BCUT2D eigenvalue weighted by molar-refractivity contribution is 0.0229. The largest absolute Gasteiger partial charge is 0.377 e. The molecule has 6 heteroatoms. The summed E-state index contributed by atoms with van der Waals surface area (Å²) in [6.45, 7) is 6.02. The molecular formula is C12H20N4O2. The lowest BCUT2D eigenvalue weighted by atomic mass is 10.1. The van der Waals surface area contributed by atoms with Gasteiger partial charge in [0.25, 0.3) is 5.91 Å². The number of pyridine rings is 1. The van der Waals surface area contributed by atoms with E-state index in [2.05, 4.69) is 15.7 Å². The summed E-state index contributed by atoms with van der Waals surface area (Å²) in [5, 5.41) is 2.78. The number of amides is 1. The lowest BCUT2D eigenvalue weighted by Crippen LogP contribution is -2.40. The molecule has 100 valence electrons. The summed E-state index contributed by atoms with van der Waals surface area (Å²) in [4.78, 5) is 16.1. The number of carbonyl (C=O) groups excluding carboxylic acids is 1. The summed E-state index contributed by atoms with van der Waals surface area (Å²) in [6.07, 6.45) is 1.50. The molecule has 0 saturated heterocycles. The molecule has 0 bridgehead atoms. The molecular weight excluding hydrogens is 232 g/mol. The molecule has 0 fully saturated rings. The van der Waals surface area contributed by atoms with Gasteiger partial charge in [-0.15, -0.1) is 0 Å². The molecule has 1 rings (SSSR count). The second-order valence-corrected chi connectivity index (χ2v) is 4.66. The van der Waals surface area contributed by atoms with Gasteiger partial charge in [-0.3, -0.25) is 15.6 Å². The summed E-state index contributed by atoms with van der Waals surface area (Å²) in [5.41, 5.74) is 3.84. The summed E-state index contributed by atoms with van der Waals surface area (Å²) in [7, 11) is 1.60. The minimum absolute atomic E-state index is 0.236. The summed E-state index contributed by atoms with van der Waals surface area (Å²) in [6, 6.07) is 1.72. The number of nitrogens with one attached hydrogen (secondary N) is 2. The fourth-order valence-corrected chi connectivity index (χ4v) is 1.32. The second kappa shape index (κ2) is 5.79. The molecule has 1 heterocycles. The van der Waals surface area contributed by atoms with E-state index >= 15 is 0 Å². The third-order valence-corrected chi connectivity index (χ3v) is 2.67. The quantitative estimate of drug-likeness (QED) is 0.533. The predicted octanol–water partition coefficient (Wildman–Crippen LogP) is 0.830. The monoisotopic (exact) mass is 252 g/mol. The number of nitrogens with two attached hydrogens (primary N) is 1. The van der Waals surface area contributed by atoms with Crippen LogP contribution in [0.1, 0.15) is 29.9 Å². The molecule has 4 N–H and O–H groups in total. The van der Waals surface area contributed by atoms with Crippen LogP contribution in [0.5, 0.6) is 0 Å². The van der Waals surface area contributed by atoms with Crippen molar-refractivity contribution in [1.82, 2.24) is 10.3 Å². The zero-order valence-corrected chi connectivity index (χ0v) is 11.2. The fourth-order valence-electron chi connectivity index (χ4n) is 1.32. The van der Waals surface area contributed by atoms with Gasteiger partial charge >= 0.3 is 0 Å². The summed E-state index contributed by atoms with van der Waals surface area (Å²) < 4.78 is 5.23. The first-order valence-corrected chi connectivity index (χ1v) is 5.66. The molecule has 1 amide bonds. The molecule has 0 atom stereocenters. The van der Waals surface area contributed by atoms with Gasteiger partial charge in [0.1, 0.15) is 0 Å². The fraction of sp³-hybridized carbons (Fsp3) is 0.500. The van der Waals surface area contributed by atoms with Crippen LogP contribution in [0.4, 0.5) is 5.69 Å². The number of methoxy groups -OCH3 is 1. The molecule has 18 heavy (non-hydrogen) atoms. The Kier molecular flexibility index (Phi) is 4.63. The summed E-state index contributed by atoms with van der Waals surface area (Å²) >= 11 is 0. The van der Waals surface area contributed by atoms with Crippen LogP contribution in [0.3, 0.4) is 0 Å². The van der Waals surface area contributed by atoms with Crippen molar-refractivity contribution in [2.45, 2.75) is 26.4 Å². The Morgan fingerprint density at radius 1 is 1.56 bits per heavy atom. The number of nitrogens with zero attached hydrogens (tertiary/aromatic N) is 1. The zero-order chi connectivity index (χ0) is 13.8. The Balaban J connectivity index is 2.79. The molecule has 0 aliphatic rings. The van der Waals surface area contributed by atoms with Crippen molar-refractivity contribution < 1.29 is 9.53 Å². The third kappa shape index (κ3) is 3.68. The minimum atomic E-state index is -0.413. The van der Waals surface area contributed by atoms with Crippen LogP contribution in [0.25, 0.3) is 0 Å². The van der Waals surface area contributed by atoms with Crippen LogP contribution in [0.15, 0.2) is 12.3 Å². The van der Waals surface area contributed by atoms with Gasteiger partial charge in [-0.2, -0.15) is 0 Å². The Morgan fingerprint density at radius 3 is 2.78 bits per heavy atom. The SMILES string of the molecule is COC(C)(C)CNC(=O)c1cnc(C)cc1NN. The van der Waals surface area contributed by atoms with Gasteiger partial charge in [0.05, 0.1) is 16.9 Å². The van der Waals surface area contributed by atoms with E-state index in [-0.39, 0.29) is 5.91 Å². The van der Waals surface area contributed by atoms with Gasteiger partial charge in [0.15, 0.2) is 0 Å². The average Bonchev–Trinajstić information content (AvgIpc) is 2.36. The molecule has 1 aromatic heterocycles. The normalized spacial score (nSPS) is 11.2. The Morgan fingerprint density at radius 2 is 2.22 bits per heavy atom. The number of aryl methyl sites for hydroxylation is 1. The van der Waals surface area contributed by atoms with E-state index in [1.807, 2.05) is 20.8 Å². The van der Waals surface area contributed by atoms with Crippen molar-refractivity contribution >= 4 is 11.6 Å². The van der Waals surface area contributed by atoms with Crippen LogP contribution in [-0.2, 0) is 4.74 Å². The predicted molar refractivity (Wildman–Crippen MR) is 70.2 cm³/mol. The first-order valence-electron chi connectivity index (χ1n) is 5.66. The van der Waals surface area contributed by atoms with E-state index in [9.17, 15) is 4.79 Å². The standard InChI is InChI=1S/C12H20N4O2/c1-8-5-10(16-13)9(6-14-8)11(17)15-7-12(2,3)18-4/h5-6H,7,13H2,1-4H3,(H,14,16)(H,15,17). The Hall–Kier alpha value is -1.66.